The average molecular weight is 558 g/mol. The molecule has 10 nitrogen and oxygen atoms in total. The maximum atomic E-state index is 13.3. The smallest absolute Gasteiger partial charge is 0.321 e. The average Bonchev–Trinajstić information content (AvgIpc) is 3.29. The molecule has 1 unspecified atom stereocenters. The van der Waals surface area contributed by atoms with Gasteiger partial charge in [-0.1, -0.05) is 29.8 Å². The molecule has 39 heavy (non-hydrogen) atoms. The van der Waals surface area contributed by atoms with E-state index in [2.05, 4.69) is 10.3 Å². The molecule has 1 aromatic heterocycles. The van der Waals surface area contributed by atoms with E-state index in [-0.39, 0.29) is 26.3 Å². The molecule has 1 aliphatic rings. The largest absolute Gasteiger partial charge is 0.493 e. The molecule has 4 rings (SSSR count). The number of hydrogen-bond donors (Lipinski definition) is 1. The molecule has 2 aromatic carbocycles. The highest BCUT2D eigenvalue weighted by molar-refractivity contribution is 7.89. The van der Waals surface area contributed by atoms with E-state index in [4.69, 9.17) is 18.6 Å². The summed E-state index contributed by atoms with van der Waals surface area (Å²) in [6, 6.07) is 15.1. The first-order chi connectivity index (χ1) is 18.8. The number of oxazole rings is 1. The van der Waals surface area contributed by atoms with Gasteiger partial charge in [-0.25, -0.2) is 13.4 Å². The molecule has 1 fully saturated rings. The third kappa shape index (κ3) is 7.66. The number of carbonyl (C=O) groups excluding carboxylic acids is 1. The minimum absolute atomic E-state index is 0.0273. The lowest BCUT2D eigenvalue weighted by atomic mass is 10.1. The molecular formula is C28H35N3O7S. The maximum Gasteiger partial charge on any atom is 0.321 e. The summed E-state index contributed by atoms with van der Waals surface area (Å²) in [4.78, 5) is 16.9. The number of morpholine rings is 1. The van der Waals surface area contributed by atoms with Crippen molar-refractivity contribution in [2.24, 2.45) is 0 Å². The zero-order valence-corrected chi connectivity index (χ0v) is 23.3. The number of nitrogens with zero attached hydrogens (tertiary/aromatic N) is 2. The van der Waals surface area contributed by atoms with Crippen molar-refractivity contribution >= 4 is 16.0 Å². The maximum absolute atomic E-state index is 13.3. The Balaban J connectivity index is 1.41. The fourth-order valence-corrected chi connectivity index (χ4v) is 5.71. The fourth-order valence-electron chi connectivity index (χ4n) is 4.17. The molecule has 1 atom stereocenters. The van der Waals surface area contributed by atoms with Gasteiger partial charge in [0.05, 0.1) is 25.5 Å². The monoisotopic (exact) mass is 557 g/mol. The number of benzene rings is 2. The van der Waals surface area contributed by atoms with Crippen LogP contribution in [0.5, 0.6) is 5.75 Å². The summed E-state index contributed by atoms with van der Waals surface area (Å²) in [5, 5.41) is 3.02. The fraction of sp³-hybridized carbons (Fsp3) is 0.429. The van der Waals surface area contributed by atoms with Crippen molar-refractivity contribution < 1.29 is 31.8 Å². The van der Waals surface area contributed by atoms with Crippen molar-refractivity contribution in [2.75, 3.05) is 39.5 Å². The van der Waals surface area contributed by atoms with Gasteiger partial charge in [0.25, 0.3) is 0 Å². The lowest BCUT2D eigenvalue weighted by molar-refractivity contribution is -0.143. The van der Waals surface area contributed by atoms with Gasteiger partial charge >= 0.3 is 5.97 Å². The minimum atomic E-state index is -3.94. The van der Waals surface area contributed by atoms with Gasteiger partial charge in [0.15, 0.2) is 5.44 Å². The lowest BCUT2D eigenvalue weighted by Crippen LogP contribution is -2.50. The van der Waals surface area contributed by atoms with Gasteiger partial charge in [-0.3, -0.25) is 4.79 Å². The number of aromatic nitrogens is 1. The van der Waals surface area contributed by atoms with E-state index in [0.717, 1.165) is 21.3 Å². The van der Waals surface area contributed by atoms with Crippen molar-refractivity contribution in [3.05, 3.63) is 71.1 Å². The van der Waals surface area contributed by atoms with Gasteiger partial charge in [0.2, 0.25) is 15.9 Å². The Morgan fingerprint density at radius 1 is 1.18 bits per heavy atom. The van der Waals surface area contributed by atoms with E-state index in [1.165, 1.54) is 5.56 Å². The molecule has 0 radical (unpaired) electrons. The Bertz CT molecular complexity index is 1350. The van der Waals surface area contributed by atoms with Crippen LogP contribution in [-0.2, 0) is 37.3 Å². The predicted octanol–water partition coefficient (Wildman–Crippen LogP) is 3.22. The summed E-state index contributed by atoms with van der Waals surface area (Å²) < 4.78 is 50.0. The van der Waals surface area contributed by atoms with Crippen LogP contribution in [0.25, 0.3) is 11.5 Å². The first kappa shape index (κ1) is 28.8. The van der Waals surface area contributed by atoms with Gasteiger partial charge in [0, 0.05) is 31.6 Å². The molecule has 1 aliphatic heterocycles. The quantitative estimate of drug-likeness (QED) is 0.335. The van der Waals surface area contributed by atoms with E-state index in [9.17, 15) is 13.2 Å². The summed E-state index contributed by atoms with van der Waals surface area (Å²) in [5.41, 5.74) is 2.49. The SMILES string of the molecule is CCOC(=O)CN(Cc1cccc(OCCc2nc(-c3ccc(C)cc3)oc2C)c1)S(=O)(=O)C1CNCCO1. The molecule has 0 aliphatic carbocycles. The van der Waals surface area contributed by atoms with Crippen LogP contribution in [-0.4, -0.2) is 68.6 Å². The highest BCUT2D eigenvalue weighted by Crippen LogP contribution is 2.23. The number of nitrogens with one attached hydrogen (secondary N) is 1. The molecule has 0 saturated carbocycles. The number of esters is 1. The first-order valence-corrected chi connectivity index (χ1v) is 14.5. The second-order valence-corrected chi connectivity index (χ2v) is 11.3. The Hall–Kier alpha value is -3.25. The minimum Gasteiger partial charge on any atom is -0.493 e. The highest BCUT2D eigenvalue weighted by Gasteiger charge is 2.35. The number of hydrogen-bond acceptors (Lipinski definition) is 9. The number of sulfonamides is 1. The van der Waals surface area contributed by atoms with Crippen LogP contribution in [0.4, 0.5) is 0 Å². The number of aryl methyl sites for hydroxylation is 2. The molecule has 11 heteroatoms. The summed E-state index contributed by atoms with van der Waals surface area (Å²) in [7, 11) is -3.94. The normalized spacial score (nSPS) is 15.8. The molecule has 210 valence electrons. The molecule has 0 amide bonds. The Kier molecular flexibility index (Phi) is 9.73. The Morgan fingerprint density at radius 2 is 1.97 bits per heavy atom. The van der Waals surface area contributed by atoms with Gasteiger partial charge in [-0.15, -0.1) is 0 Å². The van der Waals surface area contributed by atoms with Crippen LogP contribution in [0.1, 0.15) is 29.5 Å². The molecule has 3 aromatic rings. The van der Waals surface area contributed by atoms with Crippen LogP contribution < -0.4 is 10.1 Å². The summed E-state index contributed by atoms with van der Waals surface area (Å²) >= 11 is 0. The number of ether oxygens (including phenoxy) is 3. The topological polar surface area (TPSA) is 120 Å². The van der Waals surface area contributed by atoms with Gasteiger partial charge in [0.1, 0.15) is 18.1 Å². The van der Waals surface area contributed by atoms with Crippen LogP contribution in [0, 0.1) is 13.8 Å². The van der Waals surface area contributed by atoms with Crippen molar-refractivity contribution in [3.63, 3.8) is 0 Å². The molecule has 1 N–H and O–H groups in total. The van der Waals surface area contributed by atoms with Crippen molar-refractivity contribution in [3.8, 4) is 17.2 Å². The van der Waals surface area contributed by atoms with E-state index < -0.39 is 28.0 Å². The van der Waals surface area contributed by atoms with Crippen molar-refractivity contribution in [1.29, 1.82) is 0 Å². The summed E-state index contributed by atoms with van der Waals surface area (Å²) in [6.07, 6.45) is 0.542. The number of carbonyl (C=O) groups is 1. The molecular weight excluding hydrogens is 522 g/mol. The van der Waals surface area contributed by atoms with E-state index in [1.807, 2.05) is 38.1 Å². The zero-order chi connectivity index (χ0) is 27.8. The summed E-state index contributed by atoms with van der Waals surface area (Å²) in [5.74, 6) is 1.27. The second kappa shape index (κ2) is 13.2. The van der Waals surface area contributed by atoms with Gasteiger partial charge in [-0.2, -0.15) is 4.31 Å². The predicted molar refractivity (Wildman–Crippen MR) is 146 cm³/mol. The van der Waals surface area contributed by atoms with E-state index in [0.29, 0.717) is 36.8 Å². The first-order valence-electron chi connectivity index (χ1n) is 13.0. The Labute approximate surface area is 229 Å². The van der Waals surface area contributed by atoms with E-state index >= 15 is 0 Å². The van der Waals surface area contributed by atoms with Crippen LogP contribution in [0.15, 0.2) is 52.9 Å². The van der Waals surface area contributed by atoms with Crippen molar-refractivity contribution in [2.45, 2.75) is 39.2 Å². The second-order valence-electron chi connectivity index (χ2n) is 9.26. The highest BCUT2D eigenvalue weighted by atomic mass is 32.2. The molecule has 0 spiro atoms. The van der Waals surface area contributed by atoms with E-state index in [1.54, 1.807) is 31.2 Å². The molecule has 0 bridgehead atoms. The van der Waals surface area contributed by atoms with Gasteiger partial charge < -0.3 is 23.9 Å². The van der Waals surface area contributed by atoms with Crippen LogP contribution >= 0.6 is 0 Å². The van der Waals surface area contributed by atoms with Crippen LogP contribution in [0.2, 0.25) is 0 Å². The molecule has 2 heterocycles. The third-order valence-electron chi connectivity index (χ3n) is 6.25. The van der Waals surface area contributed by atoms with Crippen molar-refractivity contribution in [1.82, 2.24) is 14.6 Å². The lowest BCUT2D eigenvalue weighted by Gasteiger charge is -2.29. The van der Waals surface area contributed by atoms with Gasteiger partial charge in [-0.05, 0) is 50.6 Å². The number of rotatable bonds is 12. The molecule has 1 saturated heterocycles. The zero-order valence-electron chi connectivity index (χ0n) is 22.5. The Morgan fingerprint density at radius 3 is 2.69 bits per heavy atom. The third-order valence-corrected chi connectivity index (χ3v) is 8.20. The van der Waals surface area contributed by atoms with Crippen LogP contribution in [0.3, 0.4) is 0 Å². The standard InChI is InChI=1S/C28H35N3O7S/c1-4-35-26(32)19-31(39(33,34)27-17-29-13-15-37-27)18-22-6-5-7-24(16-22)36-14-12-25-21(3)38-28(30-25)23-10-8-20(2)9-11-23/h5-11,16,27,29H,4,12-15,17-19H2,1-3H3. The summed E-state index contributed by atoms with van der Waals surface area (Å²) in [6.45, 7) is 6.67.